The molecule has 0 bridgehead atoms. The van der Waals surface area contributed by atoms with E-state index in [4.69, 9.17) is 5.73 Å². The molecule has 0 unspecified atom stereocenters. The molecule has 2 rings (SSSR count). The van der Waals surface area contributed by atoms with Crippen molar-refractivity contribution < 1.29 is 4.79 Å². The lowest BCUT2D eigenvalue weighted by molar-refractivity contribution is 0.249. The summed E-state index contributed by atoms with van der Waals surface area (Å²) in [7, 11) is 0. The molecule has 2 amide bonds. The third-order valence-electron chi connectivity index (χ3n) is 3.06. The lowest BCUT2D eigenvalue weighted by Crippen LogP contribution is -2.24. The number of nitrogens with zero attached hydrogens (tertiary/aromatic N) is 2. The Morgan fingerprint density at radius 2 is 2.17 bits per heavy atom. The van der Waals surface area contributed by atoms with Crippen molar-refractivity contribution >= 4 is 17.9 Å². The molecule has 0 saturated carbocycles. The van der Waals surface area contributed by atoms with Crippen LogP contribution in [0, 0.1) is 6.92 Å². The molecule has 1 fully saturated rings. The van der Waals surface area contributed by atoms with E-state index in [1.54, 1.807) is 6.21 Å². The highest BCUT2D eigenvalue weighted by Crippen LogP contribution is 2.24. The van der Waals surface area contributed by atoms with E-state index in [-0.39, 0.29) is 0 Å². The van der Waals surface area contributed by atoms with Crippen LogP contribution in [0.1, 0.15) is 24.0 Å². The molecule has 0 spiro atoms. The van der Waals surface area contributed by atoms with Gasteiger partial charge in [0.05, 0.1) is 6.21 Å². The second-order valence-electron chi connectivity index (χ2n) is 4.47. The standard InChI is InChI=1S/C13H18N4O/c1-10-8-11(9-15-16-13(14)18)4-5-12(10)17-6-2-3-7-17/h4-5,8-9H,2-3,6-7H2,1H3,(H3,14,16,18)/b15-9-. The number of hydrogen-bond donors (Lipinski definition) is 2. The molecule has 0 aromatic heterocycles. The van der Waals surface area contributed by atoms with Crippen LogP contribution in [0.5, 0.6) is 0 Å². The molecule has 1 aliphatic rings. The molecule has 1 saturated heterocycles. The van der Waals surface area contributed by atoms with Crippen molar-refractivity contribution in [1.82, 2.24) is 5.43 Å². The van der Waals surface area contributed by atoms with Gasteiger partial charge in [-0.25, -0.2) is 10.2 Å². The Morgan fingerprint density at radius 3 is 2.78 bits per heavy atom. The Morgan fingerprint density at radius 1 is 1.44 bits per heavy atom. The Hall–Kier alpha value is -2.04. The number of amides is 2. The maximum absolute atomic E-state index is 10.5. The number of nitrogens with two attached hydrogens (primary N) is 1. The van der Waals surface area contributed by atoms with Crippen LogP contribution in [-0.2, 0) is 0 Å². The van der Waals surface area contributed by atoms with Gasteiger partial charge < -0.3 is 10.6 Å². The van der Waals surface area contributed by atoms with Crippen molar-refractivity contribution in [3.05, 3.63) is 29.3 Å². The van der Waals surface area contributed by atoms with Gasteiger partial charge in [-0.1, -0.05) is 6.07 Å². The van der Waals surface area contributed by atoms with Gasteiger partial charge in [0.1, 0.15) is 0 Å². The van der Waals surface area contributed by atoms with Crippen molar-refractivity contribution in [1.29, 1.82) is 0 Å². The Balaban J connectivity index is 2.09. The van der Waals surface area contributed by atoms with Gasteiger partial charge in [0.15, 0.2) is 0 Å². The average Bonchev–Trinajstić information content (AvgIpc) is 2.82. The second-order valence-corrected chi connectivity index (χ2v) is 4.47. The van der Waals surface area contributed by atoms with Gasteiger partial charge in [-0.05, 0) is 43.0 Å². The average molecular weight is 246 g/mol. The summed E-state index contributed by atoms with van der Waals surface area (Å²) in [4.78, 5) is 12.9. The SMILES string of the molecule is Cc1cc(/C=N\NC(N)=O)ccc1N1CCCC1. The van der Waals surface area contributed by atoms with E-state index in [9.17, 15) is 4.79 Å². The second kappa shape index (κ2) is 5.53. The largest absolute Gasteiger partial charge is 0.371 e. The summed E-state index contributed by atoms with van der Waals surface area (Å²) in [6.07, 6.45) is 4.13. The smallest absolute Gasteiger partial charge is 0.332 e. The van der Waals surface area contributed by atoms with Gasteiger partial charge >= 0.3 is 6.03 Å². The molecule has 0 aliphatic carbocycles. The molecule has 3 N–H and O–H groups in total. The molecular formula is C13H18N4O. The van der Waals surface area contributed by atoms with E-state index in [2.05, 4.69) is 34.5 Å². The number of hydrazone groups is 1. The van der Waals surface area contributed by atoms with Crippen LogP contribution in [0.4, 0.5) is 10.5 Å². The van der Waals surface area contributed by atoms with Gasteiger partial charge in [-0.15, -0.1) is 0 Å². The number of carbonyl (C=O) groups excluding carboxylic acids is 1. The number of rotatable bonds is 3. The van der Waals surface area contributed by atoms with Gasteiger partial charge in [0, 0.05) is 18.8 Å². The fraction of sp³-hybridized carbons (Fsp3) is 0.385. The van der Waals surface area contributed by atoms with Crippen molar-refractivity contribution in [2.75, 3.05) is 18.0 Å². The highest BCUT2D eigenvalue weighted by molar-refractivity contribution is 5.82. The minimum Gasteiger partial charge on any atom is -0.371 e. The van der Waals surface area contributed by atoms with E-state index in [1.165, 1.54) is 24.1 Å². The third-order valence-corrected chi connectivity index (χ3v) is 3.06. The lowest BCUT2D eigenvalue weighted by atomic mass is 10.1. The molecule has 0 radical (unpaired) electrons. The Labute approximate surface area is 107 Å². The third kappa shape index (κ3) is 3.00. The summed E-state index contributed by atoms with van der Waals surface area (Å²) in [5.41, 5.74) is 10.6. The number of primary amides is 1. The number of anilines is 1. The summed E-state index contributed by atoms with van der Waals surface area (Å²) in [6.45, 7) is 4.36. The number of hydrogen-bond acceptors (Lipinski definition) is 3. The van der Waals surface area contributed by atoms with E-state index in [0.717, 1.165) is 18.7 Å². The number of urea groups is 1. The number of aryl methyl sites for hydroxylation is 1. The Bertz CT molecular complexity index is 464. The van der Waals surface area contributed by atoms with E-state index >= 15 is 0 Å². The van der Waals surface area contributed by atoms with Gasteiger partial charge in [0.2, 0.25) is 0 Å². The molecule has 18 heavy (non-hydrogen) atoms. The summed E-state index contributed by atoms with van der Waals surface area (Å²) in [6, 6.07) is 5.50. The summed E-state index contributed by atoms with van der Waals surface area (Å²) >= 11 is 0. The fourth-order valence-electron chi connectivity index (χ4n) is 2.24. The van der Waals surface area contributed by atoms with Crippen molar-refractivity contribution in [2.24, 2.45) is 10.8 Å². The molecule has 1 aliphatic heterocycles. The molecule has 1 heterocycles. The van der Waals surface area contributed by atoms with E-state index < -0.39 is 6.03 Å². The maximum Gasteiger partial charge on any atom is 0.332 e. The highest BCUT2D eigenvalue weighted by atomic mass is 16.2. The monoisotopic (exact) mass is 246 g/mol. The van der Waals surface area contributed by atoms with Crippen LogP contribution >= 0.6 is 0 Å². The normalized spacial score (nSPS) is 15.3. The number of carbonyl (C=O) groups is 1. The van der Waals surface area contributed by atoms with Gasteiger partial charge in [-0.2, -0.15) is 5.10 Å². The first-order chi connectivity index (χ1) is 8.66. The maximum atomic E-state index is 10.5. The first-order valence-corrected chi connectivity index (χ1v) is 6.11. The Kier molecular flexibility index (Phi) is 3.82. The molecular weight excluding hydrogens is 228 g/mol. The molecule has 0 atom stereocenters. The zero-order chi connectivity index (χ0) is 13.0. The predicted molar refractivity (Wildman–Crippen MR) is 72.9 cm³/mol. The number of nitrogens with one attached hydrogen (secondary N) is 1. The molecule has 96 valence electrons. The van der Waals surface area contributed by atoms with E-state index in [0.29, 0.717) is 0 Å². The number of benzene rings is 1. The fourth-order valence-corrected chi connectivity index (χ4v) is 2.24. The van der Waals surface area contributed by atoms with Crippen LogP contribution in [0.15, 0.2) is 23.3 Å². The quantitative estimate of drug-likeness (QED) is 0.628. The first kappa shape index (κ1) is 12.4. The predicted octanol–water partition coefficient (Wildman–Crippen LogP) is 1.60. The van der Waals surface area contributed by atoms with Crippen LogP contribution in [-0.4, -0.2) is 25.3 Å². The summed E-state index contributed by atoms with van der Waals surface area (Å²) in [5, 5.41) is 3.75. The topological polar surface area (TPSA) is 70.7 Å². The van der Waals surface area contributed by atoms with E-state index in [1.807, 2.05) is 6.07 Å². The van der Waals surface area contributed by atoms with Crippen LogP contribution < -0.4 is 16.1 Å². The highest BCUT2D eigenvalue weighted by Gasteiger charge is 2.13. The molecule has 1 aromatic carbocycles. The van der Waals surface area contributed by atoms with Crippen LogP contribution in [0.2, 0.25) is 0 Å². The minimum atomic E-state index is -0.656. The first-order valence-electron chi connectivity index (χ1n) is 6.11. The van der Waals surface area contributed by atoms with Crippen LogP contribution in [0.3, 0.4) is 0 Å². The minimum absolute atomic E-state index is 0.656. The van der Waals surface area contributed by atoms with Gasteiger partial charge in [-0.3, -0.25) is 0 Å². The summed E-state index contributed by atoms with van der Waals surface area (Å²) < 4.78 is 0. The van der Waals surface area contributed by atoms with Crippen molar-refractivity contribution in [3.63, 3.8) is 0 Å². The zero-order valence-corrected chi connectivity index (χ0v) is 10.5. The zero-order valence-electron chi connectivity index (χ0n) is 10.5. The summed E-state index contributed by atoms with van der Waals surface area (Å²) in [5.74, 6) is 0. The van der Waals surface area contributed by atoms with Crippen molar-refractivity contribution in [2.45, 2.75) is 19.8 Å². The molecule has 5 nitrogen and oxygen atoms in total. The molecule has 5 heteroatoms. The van der Waals surface area contributed by atoms with Gasteiger partial charge in [0.25, 0.3) is 0 Å². The van der Waals surface area contributed by atoms with Crippen LogP contribution in [0.25, 0.3) is 0 Å². The lowest BCUT2D eigenvalue weighted by Gasteiger charge is -2.20. The van der Waals surface area contributed by atoms with Crippen molar-refractivity contribution in [3.8, 4) is 0 Å². The molecule has 1 aromatic rings.